The Morgan fingerprint density at radius 2 is 2.00 bits per heavy atom. The lowest BCUT2D eigenvalue weighted by Crippen LogP contribution is -2.37. The molecule has 0 bridgehead atoms. The van der Waals surface area contributed by atoms with E-state index in [0.29, 0.717) is 19.0 Å². The number of aromatic nitrogens is 1. The predicted octanol–water partition coefficient (Wildman–Crippen LogP) is 2.22. The molecule has 21 heavy (non-hydrogen) atoms. The monoisotopic (exact) mass is 303 g/mol. The first-order valence-electron chi connectivity index (χ1n) is 7.10. The number of piperidine rings is 1. The molecule has 2 heterocycles. The molecule has 1 aromatic rings. The molecule has 0 unspecified atom stereocenters. The zero-order valence-electron chi connectivity index (χ0n) is 11.7. The average Bonchev–Trinajstić information content (AvgIpc) is 2.46. The fraction of sp³-hybridized carbons (Fsp3) is 0.643. The van der Waals surface area contributed by atoms with Crippen LogP contribution in [0.15, 0.2) is 18.2 Å². The van der Waals surface area contributed by atoms with E-state index in [9.17, 15) is 13.2 Å². The van der Waals surface area contributed by atoms with E-state index in [1.54, 1.807) is 6.07 Å². The molecule has 0 aliphatic carbocycles. The highest BCUT2D eigenvalue weighted by Crippen LogP contribution is 2.28. The summed E-state index contributed by atoms with van der Waals surface area (Å²) in [7, 11) is 0. The van der Waals surface area contributed by atoms with Gasteiger partial charge in [-0.1, -0.05) is 6.07 Å². The molecule has 0 spiro atoms. The van der Waals surface area contributed by atoms with Crippen LogP contribution in [0.25, 0.3) is 0 Å². The van der Waals surface area contributed by atoms with Crippen LogP contribution >= 0.6 is 0 Å². The number of pyridine rings is 1. The van der Waals surface area contributed by atoms with Crippen molar-refractivity contribution in [3.05, 3.63) is 23.9 Å². The lowest BCUT2D eigenvalue weighted by atomic mass is 9.97. The molecule has 0 amide bonds. The van der Waals surface area contributed by atoms with E-state index in [1.165, 1.54) is 6.07 Å². The molecular weight excluding hydrogens is 283 g/mol. The van der Waals surface area contributed by atoms with Gasteiger partial charge in [-0.2, -0.15) is 13.2 Å². The fourth-order valence-corrected chi connectivity index (χ4v) is 2.50. The van der Waals surface area contributed by atoms with Crippen LogP contribution in [-0.4, -0.2) is 47.8 Å². The average molecular weight is 303 g/mol. The molecule has 0 atom stereocenters. The summed E-state index contributed by atoms with van der Waals surface area (Å²) in [5.41, 5.74) is -0.870. The lowest BCUT2D eigenvalue weighted by Gasteiger charge is -2.31. The standard InChI is InChI=1S/C14H20F3N3O/c15-14(16,17)12-2-1-3-13(19-12)18-10-11-4-6-20(7-5-11)8-9-21/h1-3,11,21H,4-10H2,(H,18,19). The van der Waals surface area contributed by atoms with E-state index in [1.807, 2.05) is 0 Å². The van der Waals surface area contributed by atoms with Crippen molar-refractivity contribution in [3.8, 4) is 0 Å². The minimum Gasteiger partial charge on any atom is -0.395 e. The molecule has 2 N–H and O–H groups in total. The second kappa shape index (κ2) is 7.09. The predicted molar refractivity (Wildman–Crippen MR) is 74.0 cm³/mol. The zero-order chi connectivity index (χ0) is 15.3. The van der Waals surface area contributed by atoms with E-state index >= 15 is 0 Å². The number of anilines is 1. The number of nitrogens with zero attached hydrogens (tertiary/aromatic N) is 2. The topological polar surface area (TPSA) is 48.4 Å². The number of nitrogens with one attached hydrogen (secondary N) is 1. The number of aliphatic hydroxyl groups is 1. The van der Waals surface area contributed by atoms with Gasteiger partial charge in [-0.3, -0.25) is 0 Å². The Balaban J connectivity index is 1.81. The molecule has 1 aliphatic heterocycles. The molecule has 1 fully saturated rings. The van der Waals surface area contributed by atoms with Crippen molar-refractivity contribution in [1.82, 2.24) is 9.88 Å². The van der Waals surface area contributed by atoms with Crippen molar-refractivity contribution in [2.24, 2.45) is 5.92 Å². The molecule has 0 saturated carbocycles. The third-order valence-electron chi connectivity index (χ3n) is 3.73. The van der Waals surface area contributed by atoms with Gasteiger partial charge in [0.1, 0.15) is 11.5 Å². The van der Waals surface area contributed by atoms with Gasteiger partial charge in [-0.25, -0.2) is 4.98 Å². The van der Waals surface area contributed by atoms with Crippen molar-refractivity contribution in [2.75, 3.05) is 38.1 Å². The van der Waals surface area contributed by atoms with Gasteiger partial charge < -0.3 is 15.3 Å². The van der Waals surface area contributed by atoms with E-state index in [-0.39, 0.29) is 12.4 Å². The Labute approximate surface area is 122 Å². The normalized spacial score (nSPS) is 17.9. The summed E-state index contributed by atoms with van der Waals surface area (Å²) in [6.45, 7) is 3.32. The number of alkyl halides is 3. The molecule has 1 aromatic heterocycles. The summed E-state index contributed by atoms with van der Waals surface area (Å²) < 4.78 is 37.7. The molecule has 0 radical (unpaired) electrons. The Bertz CT molecular complexity index is 445. The number of halogens is 3. The maximum atomic E-state index is 12.6. The third-order valence-corrected chi connectivity index (χ3v) is 3.73. The Morgan fingerprint density at radius 3 is 2.62 bits per heavy atom. The second-order valence-electron chi connectivity index (χ2n) is 5.30. The number of rotatable bonds is 5. The van der Waals surface area contributed by atoms with Gasteiger partial charge in [-0.05, 0) is 44.0 Å². The minimum atomic E-state index is -4.41. The quantitative estimate of drug-likeness (QED) is 0.875. The van der Waals surface area contributed by atoms with Gasteiger partial charge in [0.15, 0.2) is 0 Å². The van der Waals surface area contributed by atoms with E-state index in [2.05, 4.69) is 15.2 Å². The number of likely N-dealkylation sites (tertiary alicyclic amines) is 1. The molecule has 118 valence electrons. The third kappa shape index (κ3) is 4.86. The van der Waals surface area contributed by atoms with Crippen LogP contribution < -0.4 is 5.32 Å². The molecule has 1 aliphatic rings. The van der Waals surface area contributed by atoms with Crippen molar-refractivity contribution in [1.29, 1.82) is 0 Å². The van der Waals surface area contributed by atoms with Gasteiger partial charge in [0, 0.05) is 13.1 Å². The highest BCUT2D eigenvalue weighted by molar-refractivity contribution is 5.35. The molecule has 4 nitrogen and oxygen atoms in total. The summed E-state index contributed by atoms with van der Waals surface area (Å²) >= 11 is 0. The summed E-state index contributed by atoms with van der Waals surface area (Å²) in [5, 5.41) is 11.9. The van der Waals surface area contributed by atoms with E-state index < -0.39 is 11.9 Å². The Kier molecular flexibility index (Phi) is 5.41. The number of aliphatic hydroxyl groups excluding tert-OH is 1. The largest absolute Gasteiger partial charge is 0.433 e. The maximum Gasteiger partial charge on any atom is 0.433 e. The Hall–Kier alpha value is -1.34. The zero-order valence-corrected chi connectivity index (χ0v) is 11.7. The van der Waals surface area contributed by atoms with Gasteiger partial charge in [-0.15, -0.1) is 0 Å². The lowest BCUT2D eigenvalue weighted by molar-refractivity contribution is -0.141. The molecule has 2 rings (SSSR count). The van der Waals surface area contributed by atoms with Gasteiger partial charge in [0.2, 0.25) is 0 Å². The number of β-amino-alcohol motifs (C(OH)–C–C–N with tert-alkyl or cyclic N) is 1. The first kappa shape index (κ1) is 16.0. The number of hydrogen-bond donors (Lipinski definition) is 2. The number of hydrogen-bond acceptors (Lipinski definition) is 4. The van der Waals surface area contributed by atoms with Crippen LogP contribution in [0.2, 0.25) is 0 Å². The van der Waals surface area contributed by atoms with Crippen molar-refractivity contribution in [2.45, 2.75) is 19.0 Å². The molecule has 1 saturated heterocycles. The van der Waals surface area contributed by atoms with Gasteiger partial charge in [0.05, 0.1) is 6.61 Å². The van der Waals surface area contributed by atoms with Crippen molar-refractivity contribution >= 4 is 5.82 Å². The van der Waals surface area contributed by atoms with Gasteiger partial charge in [0.25, 0.3) is 0 Å². The van der Waals surface area contributed by atoms with Crippen LogP contribution in [0.1, 0.15) is 18.5 Å². The van der Waals surface area contributed by atoms with Crippen molar-refractivity contribution < 1.29 is 18.3 Å². The molecule has 0 aromatic carbocycles. The van der Waals surface area contributed by atoms with Crippen molar-refractivity contribution in [3.63, 3.8) is 0 Å². The smallest absolute Gasteiger partial charge is 0.395 e. The van der Waals surface area contributed by atoms with Crippen LogP contribution in [-0.2, 0) is 6.18 Å². The van der Waals surface area contributed by atoms with E-state index in [0.717, 1.165) is 32.0 Å². The molecular formula is C14H20F3N3O. The second-order valence-corrected chi connectivity index (χ2v) is 5.30. The molecule has 7 heteroatoms. The highest BCUT2D eigenvalue weighted by atomic mass is 19.4. The van der Waals surface area contributed by atoms with Crippen LogP contribution in [0.5, 0.6) is 0 Å². The van der Waals surface area contributed by atoms with Crippen LogP contribution in [0, 0.1) is 5.92 Å². The summed E-state index contributed by atoms with van der Waals surface area (Å²) in [4.78, 5) is 5.79. The van der Waals surface area contributed by atoms with E-state index in [4.69, 9.17) is 5.11 Å². The minimum absolute atomic E-state index is 0.164. The van der Waals surface area contributed by atoms with Crippen LogP contribution in [0.3, 0.4) is 0 Å². The highest BCUT2D eigenvalue weighted by Gasteiger charge is 2.32. The van der Waals surface area contributed by atoms with Crippen LogP contribution in [0.4, 0.5) is 19.0 Å². The SMILES string of the molecule is OCCN1CCC(CNc2cccc(C(F)(F)F)n2)CC1. The van der Waals surface area contributed by atoms with Gasteiger partial charge >= 0.3 is 6.18 Å². The first-order chi connectivity index (χ1) is 9.99. The summed E-state index contributed by atoms with van der Waals surface area (Å²) in [6.07, 6.45) is -2.45. The Morgan fingerprint density at radius 1 is 1.29 bits per heavy atom. The maximum absolute atomic E-state index is 12.6. The summed E-state index contributed by atoms with van der Waals surface area (Å²) in [5.74, 6) is 0.693. The fourth-order valence-electron chi connectivity index (χ4n) is 2.50. The summed E-state index contributed by atoms with van der Waals surface area (Å²) in [6, 6.07) is 3.89. The first-order valence-corrected chi connectivity index (χ1v) is 7.10.